The molecule has 4 rings (SSSR count). The van der Waals surface area contributed by atoms with E-state index in [1.54, 1.807) is 7.05 Å². The van der Waals surface area contributed by atoms with Gasteiger partial charge in [0.25, 0.3) is 0 Å². The molecular formula is C33H59N3O5Si. The van der Waals surface area contributed by atoms with Gasteiger partial charge in [-0.2, -0.15) is 0 Å². The summed E-state index contributed by atoms with van der Waals surface area (Å²) in [4.78, 5) is 31.4. The van der Waals surface area contributed by atoms with Crippen molar-refractivity contribution >= 4 is 26.2 Å². The second-order valence-electron chi connectivity index (χ2n) is 16.3. The van der Waals surface area contributed by atoms with E-state index in [1.165, 1.54) is 63.3 Å². The molecule has 0 aromatic rings. The summed E-state index contributed by atoms with van der Waals surface area (Å²) in [6, 6.07) is 0. The number of nitrogens with zero attached hydrogens (tertiary/aromatic N) is 3. The molecular weight excluding hydrogens is 546 g/mol. The van der Waals surface area contributed by atoms with Crippen LogP contribution in [-0.4, -0.2) is 74.4 Å². The SMILES string of the molecule is C/C(=N\OC(=O)N(C)CCN(C)C(=O)O)[C@H]1CC[C@H]2[C@@H]3CCC4C[C@@H](O[Si](C)(C)C(C)(C)C)CC[C@]4(C)[C@H]3CC[C@]12C. The molecule has 0 saturated heterocycles. The lowest BCUT2D eigenvalue weighted by atomic mass is 9.44. The third-order valence-corrected chi connectivity index (χ3v) is 17.6. The van der Waals surface area contributed by atoms with Crippen LogP contribution in [0.25, 0.3) is 0 Å². The van der Waals surface area contributed by atoms with Gasteiger partial charge in [-0.15, -0.1) is 0 Å². The standard InChI is InChI=1S/C33H59N3O5Si/c1-22(34-40-30(39)36(8)20-19-35(7)29(37)38)26-13-14-27-25-12-11-23-21-24(41-42(9,10)31(2,3)4)15-17-32(23,5)28(25)16-18-33(26,27)6/h23-28H,11-21H2,1-10H3,(H,37,38)/b34-22+/t23?,24-,25-,26+,27-,28-,32-,33+/m0/s1. The number of amides is 2. The van der Waals surface area contributed by atoms with Crippen LogP contribution in [0.1, 0.15) is 99.3 Å². The smallest absolute Gasteiger partial charge is 0.435 e. The van der Waals surface area contributed by atoms with Crippen LogP contribution in [0, 0.1) is 40.4 Å². The second-order valence-corrected chi connectivity index (χ2v) is 21.1. The lowest BCUT2D eigenvalue weighted by molar-refractivity contribution is -0.122. The monoisotopic (exact) mass is 605 g/mol. The summed E-state index contributed by atoms with van der Waals surface area (Å²) in [5.41, 5.74) is 1.54. The zero-order chi connectivity index (χ0) is 31.3. The quantitative estimate of drug-likeness (QED) is 0.137. The fourth-order valence-corrected chi connectivity index (χ4v) is 10.7. The minimum atomic E-state index is -1.76. The van der Waals surface area contributed by atoms with Crippen molar-refractivity contribution in [2.24, 2.45) is 45.6 Å². The number of hydrogen-bond donors (Lipinski definition) is 1. The van der Waals surface area contributed by atoms with Gasteiger partial charge in [0.2, 0.25) is 0 Å². The molecule has 0 aromatic carbocycles. The highest BCUT2D eigenvalue weighted by Gasteiger charge is 2.61. The minimum Gasteiger partial charge on any atom is -0.465 e. The first kappa shape index (κ1) is 33.3. The van der Waals surface area contributed by atoms with Crippen LogP contribution in [0.2, 0.25) is 18.1 Å². The van der Waals surface area contributed by atoms with Crippen LogP contribution >= 0.6 is 0 Å². The molecule has 4 fully saturated rings. The Hall–Kier alpha value is -1.61. The highest BCUT2D eigenvalue weighted by atomic mass is 28.4. The minimum absolute atomic E-state index is 0.198. The van der Waals surface area contributed by atoms with E-state index in [0.29, 0.717) is 23.4 Å². The van der Waals surface area contributed by atoms with E-state index < -0.39 is 20.5 Å². The van der Waals surface area contributed by atoms with E-state index in [2.05, 4.69) is 52.9 Å². The van der Waals surface area contributed by atoms with Crippen LogP contribution < -0.4 is 0 Å². The average Bonchev–Trinajstić information content (AvgIpc) is 3.26. The summed E-state index contributed by atoms with van der Waals surface area (Å²) in [6.07, 6.45) is 10.2. The molecule has 0 aliphatic heterocycles. The molecule has 240 valence electrons. The lowest BCUT2D eigenvalue weighted by Gasteiger charge is -2.61. The van der Waals surface area contributed by atoms with Gasteiger partial charge in [0, 0.05) is 39.2 Å². The molecule has 4 aliphatic rings. The highest BCUT2D eigenvalue weighted by molar-refractivity contribution is 6.74. The molecule has 4 aliphatic carbocycles. The van der Waals surface area contributed by atoms with Gasteiger partial charge in [0.05, 0.1) is 5.71 Å². The number of carbonyl (C=O) groups is 2. The zero-order valence-electron chi connectivity index (χ0n) is 28.2. The average molecular weight is 606 g/mol. The van der Waals surface area contributed by atoms with Gasteiger partial charge in [-0.3, -0.25) is 4.84 Å². The van der Waals surface area contributed by atoms with Crippen molar-refractivity contribution in [2.75, 3.05) is 27.2 Å². The van der Waals surface area contributed by atoms with Crippen LogP contribution in [0.4, 0.5) is 9.59 Å². The Kier molecular flexibility index (Phi) is 9.55. The van der Waals surface area contributed by atoms with E-state index in [1.807, 2.05) is 6.92 Å². The molecule has 1 unspecified atom stereocenters. The third kappa shape index (κ3) is 6.29. The Morgan fingerprint density at radius 3 is 2.19 bits per heavy atom. The van der Waals surface area contributed by atoms with Gasteiger partial charge in [-0.1, -0.05) is 39.8 Å². The summed E-state index contributed by atoms with van der Waals surface area (Å²) < 4.78 is 6.95. The first-order valence-corrected chi connectivity index (χ1v) is 19.4. The predicted octanol–water partition coefficient (Wildman–Crippen LogP) is 8.09. The maximum Gasteiger partial charge on any atom is 0.435 e. The Bertz CT molecular complexity index is 1040. The topological polar surface area (TPSA) is 91.7 Å². The van der Waals surface area contributed by atoms with E-state index in [0.717, 1.165) is 34.8 Å². The van der Waals surface area contributed by atoms with Gasteiger partial charge in [-0.05, 0) is 117 Å². The number of carboxylic acid groups (broad SMARTS) is 1. The first-order chi connectivity index (χ1) is 19.4. The summed E-state index contributed by atoms with van der Waals surface area (Å²) in [5, 5.41) is 13.6. The first-order valence-electron chi connectivity index (χ1n) is 16.5. The van der Waals surface area contributed by atoms with Crippen LogP contribution in [0.3, 0.4) is 0 Å². The highest BCUT2D eigenvalue weighted by Crippen LogP contribution is 2.67. The lowest BCUT2D eigenvalue weighted by Crippen LogP contribution is -2.55. The zero-order valence-corrected chi connectivity index (χ0v) is 29.2. The molecule has 0 heterocycles. The van der Waals surface area contributed by atoms with E-state index in [4.69, 9.17) is 14.4 Å². The number of rotatable bonds is 7. The summed E-state index contributed by atoms with van der Waals surface area (Å²) >= 11 is 0. The van der Waals surface area contributed by atoms with Gasteiger partial charge in [0.1, 0.15) is 0 Å². The number of likely N-dealkylation sites (N-methyl/N-ethyl adjacent to an activating group) is 2. The number of oxime groups is 1. The summed E-state index contributed by atoms with van der Waals surface area (Å²) in [5.74, 6) is 3.39. The van der Waals surface area contributed by atoms with Gasteiger partial charge in [-0.25, -0.2) is 9.59 Å². The normalized spacial score (nSPS) is 36.9. The van der Waals surface area contributed by atoms with Gasteiger partial charge in [0.15, 0.2) is 8.32 Å². The van der Waals surface area contributed by atoms with Crippen molar-refractivity contribution in [3.63, 3.8) is 0 Å². The summed E-state index contributed by atoms with van der Waals surface area (Å²) in [7, 11) is 1.34. The van der Waals surface area contributed by atoms with Crippen LogP contribution in [-0.2, 0) is 9.26 Å². The number of fused-ring (bicyclic) bond motifs is 5. The molecule has 0 spiro atoms. The Morgan fingerprint density at radius 2 is 1.55 bits per heavy atom. The molecule has 4 saturated carbocycles. The van der Waals surface area contributed by atoms with Crippen molar-refractivity contribution < 1.29 is 24.0 Å². The molecule has 42 heavy (non-hydrogen) atoms. The predicted molar refractivity (Wildman–Crippen MR) is 170 cm³/mol. The molecule has 9 heteroatoms. The maximum atomic E-state index is 12.5. The van der Waals surface area contributed by atoms with Crippen molar-refractivity contribution in [3.8, 4) is 0 Å². The van der Waals surface area contributed by atoms with Crippen molar-refractivity contribution in [3.05, 3.63) is 0 Å². The van der Waals surface area contributed by atoms with E-state index in [9.17, 15) is 9.59 Å². The Morgan fingerprint density at radius 1 is 0.929 bits per heavy atom. The third-order valence-electron chi connectivity index (χ3n) is 13.1. The molecule has 2 amide bonds. The van der Waals surface area contributed by atoms with Crippen molar-refractivity contribution in [1.29, 1.82) is 0 Å². The molecule has 0 radical (unpaired) electrons. The maximum absolute atomic E-state index is 12.5. The summed E-state index contributed by atoms with van der Waals surface area (Å²) in [6.45, 7) is 19.5. The fourth-order valence-electron chi connectivity index (χ4n) is 9.34. The molecule has 0 bridgehead atoms. The van der Waals surface area contributed by atoms with E-state index in [-0.39, 0.29) is 23.5 Å². The van der Waals surface area contributed by atoms with Crippen LogP contribution in [0.15, 0.2) is 5.16 Å². The number of carbonyl (C=O) groups excluding carboxylic acids is 1. The molecule has 1 N–H and O–H groups in total. The largest absolute Gasteiger partial charge is 0.465 e. The molecule has 0 aromatic heterocycles. The second kappa shape index (κ2) is 12.1. The van der Waals surface area contributed by atoms with Crippen molar-refractivity contribution in [1.82, 2.24) is 9.80 Å². The number of hydrogen-bond acceptors (Lipinski definition) is 5. The Labute approximate surface area is 256 Å². The van der Waals surface area contributed by atoms with Gasteiger partial charge < -0.3 is 19.3 Å². The van der Waals surface area contributed by atoms with Crippen LogP contribution in [0.5, 0.6) is 0 Å². The van der Waals surface area contributed by atoms with E-state index >= 15 is 0 Å². The van der Waals surface area contributed by atoms with Crippen molar-refractivity contribution in [2.45, 2.75) is 124 Å². The Balaban J connectivity index is 1.38. The molecule has 8 atom stereocenters. The van der Waals surface area contributed by atoms with Gasteiger partial charge >= 0.3 is 12.2 Å². The molecule has 8 nitrogen and oxygen atoms in total. The fraction of sp³-hybridized carbons (Fsp3) is 0.909.